The third-order valence-electron chi connectivity index (χ3n) is 2.59. The van der Waals surface area contributed by atoms with Gasteiger partial charge in [-0.3, -0.25) is 0 Å². The molecule has 0 bridgehead atoms. The maximum Gasteiger partial charge on any atom is 0.391 e. The van der Waals surface area contributed by atoms with Gasteiger partial charge >= 0.3 is 6.18 Å². The molecular weight excluding hydrogens is 193 g/mol. The SMILES string of the molecule is N#CCCN1CCC(C(F)(F)F)CC1. The molecule has 14 heavy (non-hydrogen) atoms. The van der Waals surface area contributed by atoms with Crippen molar-refractivity contribution in [2.75, 3.05) is 19.6 Å². The van der Waals surface area contributed by atoms with Crippen molar-refractivity contribution in [3.8, 4) is 6.07 Å². The highest BCUT2D eigenvalue weighted by Gasteiger charge is 2.40. The van der Waals surface area contributed by atoms with Gasteiger partial charge in [-0.25, -0.2) is 0 Å². The predicted molar refractivity (Wildman–Crippen MR) is 45.4 cm³/mol. The fraction of sp³-hybridized carbons (Fsp3) is 0.889. The summed E-state index contributed by atoms with van der Waals surface area (Å²) in [6.07, 6.45) is -3.29. The van der Waals surface area contributed by atoms with Crippen LogP contribution in [0, 0.1) is 17.2 Å². The minimum Gasteiger partial charge on any atom is -0.302 e. The Morgan fingerprint density at radius 3 is 2.29 bits per heavy atom. The van der Waals surface area contributed by atoms with Crippen molar-refractivity contribution in [3.05, 3.63) is 0 Å². The molecule has 0 N–H and O–H groups in total. The summed E-state index contributed by atoms with van der Waals surface area (Å²) in [5.74, 6) is -1.14. The molecule has 0 amide bonds. The maximum absolute atomic E-state index is 12.2. The van der Waals surface area contributed by atoms with Crippen molar-refractivity contribution in [1.29, 1.82) is 5.26 Å². The Morgan fingerprint density at radius 2 is 1.86 bits per heavy atom. The van der Waals surface area contributed by atoms with Crippen molar-refractivity contribution in [1.82, 2.24) is 4.90 Å². The second-order valence-corrected chi connectivity index (χ2v) is 3.57. The van der Waals surface area contributed by atoms with Crippen molar-refractivity contribution in [2.45, 2.75) is 25.4 Å². The van der Waals surface area contributed by atoms with Crippen molar-refractivity contribution in [2.24, 2.45) is 5.92 Å². The Morgan fingerprint density at radius 1 is 1.29 bits per heavy atom. The second kappa shape index (κ2) is 4.65. The molecule has 5 heteroatoms. The average molecular weight is 206 g/mol. The van der Waals surface area contributed by atoms with Crippen LogP contribution in [0.3, 0.4) is 0 Å². The van der Waals surface area contributed by atoms with Crippen LogP contribution in [0.4, 0.5) is 13.2 Å². The maximum atomic E-state index is 12.2. The number of halogens is 3. The van der Waals surface area contributed by atoms with E-state index in [1.54, 1.807) is 0 Å². The van der Waals surface area contributed by atoms with E-state index in [9.17, 15) is 13.2 Å². The zero-order valence-electron chi connectivity index (χ0n) is 7.85. The van der Waals surface area contributed by atoms with Crippen molar-refractivity contribution in [3.63, 3.8) is 0 Å². The Kier molecular flexibility index (Phi) is 3.76. The molecule has 0 aromatic heterocycles. The molecule has 0 saturated carbocycles. The van der Waals surface area contributed by atoms with E-state index in [4.69, 9.17) is 5.26 Å². The molecule has 0 aromatic carbocycles. The molecule has 1 heterocycles. The highest BCUT2D eigenvalue weighted by atomic mass is 19.4. The van der Waals surface area contributed by atoms with Gasteiger partial charge in [-0.2, -0.15) is 18.4 Å². The minimum atomic E-state index is -4.04. The molecule has 1 rings (SSSR count). The monoisotopic (exact) mass is 206 g/mol. The minimum absolute atomic E-state index is 0.176. The van der Waals surface area contributed by atoms with Crippen LogP contribution in [0.1, 0.15) is 19.3 Å². The van der Waals surface area contributed by atoms with Crippen LogP contribution < -0.4 is 0 Å². The summed E-state index contributed by atoms with van der Waals surface area (Å²) in [6, 6.07) is 1.99. The zero-order chi connectivity index (χ0) is 10.6. The number of piperidine rings is 1. The molecule has 1 saturated heterocycles. The summed E-state index contributed by atoms with van der Waals surface area (Å²) < 4.78 is 36.7. The lowest BCUT2D eigenvalue weighted by Crippen LogP contribution is -2.39. The van der Waals surface area contributed by atoms with Gasteiger partial charge in [-0.1, -0.05) is 0 Å². The Labute approximate surface area is 81.3 Å². The van der Waals surface area contributed by atoms with Gasteiger partial charge in [0.15, 0.2) is 0 Å². The standard InChI is InChI=1S/C9H13F3N2/c10-9(11,12)8-2-6-14(7-3-8)5-1-4-13/h8H,1-3,5-7H2. The highest BCUT2D eigenvalue weighted by molar-refractivity contribution is 4.79. The lowest BCUT2D eigenvalue weighted by molar-refractivity contribution is -0.184. The van der Waals surface area contributed by atoms with E-state index in [1.165, 1.54) is 0 Å². The largest absolute Gasteiger partial charge is 0.391 e. The normalized spacial score (nSPS) is 20.7. The summed E-state index contributed by atoms with van der Waals surface area (Å²) in [4.78, 5) is 1.92. The molecule has 1 aliphatic rings. The molecule has 2 nitrogen and oxygen atoms in total. The molecule has 0 spiro atoms. The fourth-order valence-corrected chi connectivity index (χ4v) is 1.69. The van der Waals surface area contributed by atoms with Crippen molar-refractivity contribution < 1.29 is 13.2 Å². The number of likely N-dealkylation sites (tertiary alicyclic amines) is 1. The number of hydrogen-bond donors (Lipinski definition) is 0. The molecule has 0 aliphatic carbocycles. The van der Waals surface area contributed by atoms with Gasteiger partial charge in [0.05, 0.1) is 12.0 Å². The third kappa shape index (κ3) is 3.18. The topological polar surface area (TPSA) is 27.0 Å². The van der Waals surface area contributed by atoms with Crippen LogP contribution in [0.15, 0.2) is 0 Å². The summed E-state index contributed by atoms with van der Waals surface area (Å²) in [7, 11) is 0. The Bertz CT molecular complexity index is 211. The summed E-state index contributed by atoms with van der Waals surface area (Å²) >= 11 is 0. The predicted octanol–water partition coefficient (Wildman–Crippen LogP) is 2.17. The van der Waals surface area contributed by atoms with Crippen LogP contribution in [-0.2, 0) is 0 Å². The van der Waals surface area contributed by atoms with Gasteiger partial charge < -0.3 is 4.90 Å². The number of alkyl halides is 3. The van der Waals surface area contributed by atoms with Crippen LogP contribution >= 0.6 is 0 Å². The van der Waals surface area contributed by atoms with Gasteiger partial charge in [-0.15, -0.1) is 0 Å². The summed E-state index contributed by atoms with van der Waals surface area (Å²) in [5, 5.41) is 8.32. The van der Waals surface area contributed by atoms with Gasteiger partial charge in [0.2, 0.25) is 0 Å². The second-order valence-electron chi connectivity index (χ2n) is 3.57. The smallest absolute Gasteiger partial charge is 0.302 e. The molecular formula is C9H13F3N2. The number of hydrogen-bond acceptors (Lipinski definition) is 2. The van der Waals surface area contributed by atoms with Gasteiger partial charge in [0, 0.05) is 13.0 Å². The van der Waals surface area contributed by atoms with Gasteiger partial charge in [-0.05, 0) is 25.9 Å². The van der Waals surface area contributed by atoms with E-state index in [2.05, 4.69) is 0 Å². The van der Waals surface area contributed by atoms with Crippen LogP contribution in [0.2, 0.25) is 0 Å². The first kappa shape index (κ1) is 11.3. The molecule has 0 radical (unpaired) electrons. The number of nitriles is 1. The quantitative estimate of drug-likeness (QED) is 0.692. The summed E-state index contributed by atoms with van der Waals surface area (Å²) in [5.41, 5.74) is 0. The van der Waals surface area contributed by atoms with E-state index in [0.717, 1.165) is 0 Å². The lowest BCUT2D eigenvalue weighted by atomic mass is 9.96. The Balaban J connectivity index is 2.29. The van der Waals surface area contributed by atoms with E-state index in [1.807, 2.05) is 11.0 Å². The van der Waals surface area contributed by atoms with E-state index in [-0.39, 0.29) is 12.8 Å². The van der Waals surface area contributed by atoms with E-state index in [0.29, 0.717) is 26.1 Å². The van der Waals surface area contributed by atoms with Crippen LogP contribution in [0.5, 0.6) is 0 Å². The van der Waals surface area contributed by atoms with Gasteiger partial charge in [0.25, 0.3) is 0 Å². The zero-order valence-corrected chi connectivity index (χ0v) is 7.85. The molecule has 80 valence electrons. The van der Waals surface area contributed by atoms with Gasteiger partial charge in [0.1, 0.15) is 0 Å². The molecule has 0 unspecified atom stereocenters. The Hall–Kier alpha value is -0.760. The summed E-state index contributed by atoms with van der Waals surface area (Å²) in [6.45, 7) is 1.53. The molecule has 0 aromatic rings. The first-order chi connectivity index (χ1) is 6.54. The first-order valence-electron chi connectivity index (χ1n) is 4.70. The van der Waals surface area contributed by atoms with Crippen LogP contribution in [0.25, 0.3) is 0 Å². The fourth-order valence-electron chi connectivity index (χ4n) is 1.69. The lowest BCUT2D eigenvalue weighted by Gasteiger charge is -2.32. The van der Waals surface area contributed by atoms with E-state index >= 15 is 0 Å². The highest BCUT2D eigenvalue weighted by Crippen LogP contribution is 2.33. The molecule has 0 atom stereocenters. The third-order valence-corrected chi connectivity index (χ3v) is 2.59. The number of nitrogens with zero attached hydrogens (tertiary/aromatic N) is 2. The molecule has 1 fully saturated rings. The first-order valence-corrected chi connectivity index (χ1v) is 4.70. The molecule has 1 aliphatic heterocycles. The van der Waals surface area contributed by atoms with Crippen molar-refractivity contribution >= 4 is 0 Å². The number of rotatable bonds is 2. The average Bonchev–Trinajstić information content (AvgIpc) is 2.14. The van der Waals surface area contributed by atoms with E-state index < -0.39 is 12.1 Å². The van der Waals surface area contributed by atoms with Crippen LogP contribution in [-0.4, -0.2) is 30.7 Å².